The molecule has 3 rings (SSSR count). The van der Waals surface area contributed by atoms with Gasteiger partial charge < -0.3 is 14.5 Å². The van der Waals surface area contributed by atoms with Crippen molar-refractivity contribution in [3.63, 3.8) is 0 Å². The SMILES string of the molecule is COc1ccc(CCC(=O)N2CCN(CC(=O)N3CCCCC3C)CC2)cc1Br. The van der Waals surface area contributed by atoms with E-state index in [9.17, 15) is 9.59 Å². The average molecular weight is 466 g/mol. The van der Waals surface area contributed by atoms with E-state index in [1.165, 1.54) is 6.42 Å². The molecule has 0 spiro atoms. The van der Waals surface area contributed by atoms with Crippen LogP contribution in [0.15, 0.2) is 22.7 Å². The fourth-order valence-electron chi connectivity index (χ4n) is 4.18. The van der Waals surface area contributed by atoms with Gasteiger partial charge in [-0.2, -0.15) is 0 Å². The third-order valence-corrected chi connectivity index (χ3v) is 6.67. The Morgan fingerprint density at radius 3 is 2.52 bits per heavy atom. The number of methoxy groups -OCH3 is 1. The van der Waals surface area contributed by atoms with E-state index >= 15 is 0 Å². The number of benzene rings is 1. The predicted octanol–water partition coefficient (Wildman–Crippen LogP) is 2.94. The Morgan fingerprint density at radius 1 is 1.10 bits per heavy atom. The first kappa shape index (κ1) is 22.1. The number of rotatable bonds is 6. The molecule has 2 amide bonds. The maximum atomic E-state index is 12.6. The molecule has 2 saturated heterocycles. The molecule has 0 radical (unpaired) electrons. The van der Waals surface area contributed by atoms with Crippen LogP contribution in [0.5, 0.6) is 5.75 Å². The number of hydrogen-bond donors (Lipinski definition) is 0. The highest BCUT2D eigenvalue weighted by atomic mass is 79.9. The molecule has 2 aliphatic heterocycles. The highest BCUT2D eigenvalue weighted by Crippen LogP contribution is 2.26. The first-order chi connectivity index (χ1) is 14.0. The Labute approximate surface area is 182 Å². The van der Waals surface area contributed by atoms with Gasteiger partial charge in [0, 0.05) is 45.2 Å². The van der Waals surface area contributed by atoms with Gasteiger partial charge in [0.1, 0.15) is 5.75 Å². The van der Waals surface area contributed by atoms with Crippen molar-refractivity contribution in [2.45, 2.75) is 45.1 Å². The smallest absolute Gasteiger partial charge is 0.236 e. The van der Waals surface area contributed by atoms with E-state index in [4.69, 9.17) is 4.74 Å². The highest BCUT2D eigenvalue weighted by Gasteiger charge is 2.27. The lowest BCUT2D eigenvalue weighted by molar-refractivity contribution is -0.137. The predicted molar refractivity (Wildman–Crippen MR) is 117 cm³/mol. The Kier molecular flexibility index (Phi) is 7.95. The summed E-state index contributed by atoms with van der Waals surface area (Å²) >= 11 is 3.49. The molecule has 7 heteroatoms. The number of nitrogens with zero attached hydrogens (tertiary/aromatic N) is 3. The zero-order valence-electron chi connectivity index (χ0n) is 17.5. The second-order valence-electron chi connectivity index (χ2n) is 8.06. The number of aryl methyl sites for hydroxylation is 1. The van der Waals surface area contributed by atoms with E-state index in [2.05, 4.69) is 27.8 Å². The Bertz CT molecular complexity index is 719. The molecule has 2 aliphatic rings. The summed E-state index contributed by atoms with van der Waals surface area (Å²) in [6.45, 7) is 6.46. The van der Waals surface area contributed by atoms with Crippen LogP contribution in [-0.2, 0) is 16.0 Å². The van der Waals surface area contributed by atoms with Gasteiger partial charge in [0.15, 0.2) is 0 Å². The molecule has 2 fully saturated rings. The standard InChI is InChI=1S/C22H32BrN3O3/c1-17-5-3-4-10-26(17)22(28)16-24-11-13-25(14-12-24)21(27)9-7-18-6-8-20(29-2)19(23)15-18/h6,8,15,17H,3-5,7,9-14,16H2,1-2H3. The molecule has 1 atom stereocenters. The Balaban J connectivity index is 1.41. The summed E-state index contributed by atoms with van der Waals surface area (Å²) in [5, 5.41) is 0. The lowest BCUT2D eigenvalue weighted by Crippen LogP contribution is -2.53. The maximum Gasteiger partial charge on any atom is 0.236 e. The summed E-state index contributed by atoms with van der Waals surface area (Å²) in [7, 11) is 1.64. The topological polar surface area (TPSA) is 53.1 Å². The van der Waals surface area contributed by atoms with Gasteiger partial charge in [-0.3, -0.25) is 14.5 Å². The van der Waals surface area contributed by atoms with Gasteiger partial charge >= 0.3 is 0 Å². The second-order valence-corrected chi connectivity index (χ2v) is 8.91. The summed E-state index contributed by atoms with van der Waals surface area (Å²) in [5.74, 6) is 1.22. The largest absolute Gasteiger partial charge is 0.496 e. The number of amides is 2. The molecule has 29 heavy (non-hydrogen) atoms. The molecule has 0 N–H and O–H groups in total. The molecule has 2 heterocycles. The van der Waals surface area contributed by atoms with Crippen molar-refractivity contribution in [2.75, 3.05) is 46.4 Å². The van der Waals surface area contributed by atoms with Crippen molar-refractivity contribution in [1.29, 1.82) is 0 Å². The van der Waals surface area contributed by atoms with E-state index < -0.39 is 0 Å². The Hall–Kier alpha value is -1.60. The number of halogens is 1. The molecule has 1 aromatic carbocycles. The maximum absolute atomic E-state index is 12.6. The van der Waals surface area contributed by atoms with Gasteiger partial charge in [-0.25, -0.2) is 0 Å². The average Bonchev–Trinajstić information content (AvgIpc) is 2.73. The van der Waals surface area contributed by atoms with Crippen molar-refractivity contribution < 1.29 is 14.3 Å². The van der Waals surface area contributed by atoms with E-state index in [0.29, 0.717) is 38.5 Å². The van der Waals surface area contributed by atoms with Crippen LogP contribution >= 0.6 is 15.9 Å². The fourth-order valence-corrected chi connectivity index (χ4v) is 4.77. The minimum Gasteiger partial charge on any atom is -0.496 e. The summed E-state index contributed by atoms with van der Waals surface area (Å²) in [5.41, 5.74) is 1.12. The van der Waals surface area contributed by atoms with E-state index in [1.807, 2.05) is 28.0 Å². The van der Waals surface area contributed by atoms with E-state index in [0.717, 1.165) is 48.3 Å². The molecule has 0 saturated carbocycles. The normalized spacial score (nSPS) is 20.6. The summed E-state index contributed by atoms with van der Waals surface area (Å²) < 4.78 is 6.16. The molecule has 0 aliphatic carbocycles. The van der Waals surface area contributed by atoms with E-state index in [-0.39, 0.29) is 11.8 Å². The fraction of sp³-hybridized carbons (Fsp3) is 0.636. The van der Waals surface area contributed by atoms with Crippen LogP contribution in [0.1, 0.15) is 38.2 Å². The van der Waals surface area contributed by atoms with Crippen LogP contribution in [0.25, 0.3) is 0 Å². The molecule has 160 valence electrons. The minimum absolute atomic E-state index is 0.188. The zero-order chi connectivity index (χ0) is 20.8. The number of hydrogen-bond acceptors (Lipinski definition) is 4. The lowest BCUT2D eigenvalue weighted by atomic mass is 10.0. The van der Waals surface area contributed by atoms with Crippen molar-refractivity contribution in [1.82, 2.24) is 14.7 Å². The lowest BCUT2D eigenvalue weighted by Gasteiger charge is -2.38. The quantitative estimate of drug-likeness (QED) is 0.647. The molecular formula is C22H32BrN3O3. The number of carbonyl (C=O) groups is 2. The van der Waals surface area contributed by atoms with Crippen LogP contribution < -0.4 is 4.74 Å². The van der Waals surface area contributed by atoms with Crippen molar-refractivity contribution >= 4 is 27.7 Å². The van der Waals surface area contributed by atoms with E-state index in [1.54, 1.807) is 7.11 Å². The van der Waals surface area contributed by atoms with Gasteiger partial charge in [-0.05, 0) is 66.2 Å². The van der Waals surface area contributed by atoms with Gasteiger partial charge in [0.05, 0.1) is 18.1 Å². The van der Waals surface area contributed by atoms with Crippen LogP contribution in [0.3, 0.4) is 0 Å². The number of carbonyl (C=O) groups excluding carboxylic acids is 2. The number of likely N-dealkylation sites (tertiary alicyclic amines) is 1. The first-order valence-electron chi connectivity index (χ1n) is 10.6. The third-order valence-electron chi connectivity index (χ3n) is 6.05. The zero-order valence-corrected chi connectivity index (χ0v) is 19.1. The Morgan fingerprint density at radius 2 is 1.86 bits per heavy atom. The van der Waals surface area contributed by atoms with Gasteiger partial charge in [0.2, 0.25) is 11.8 Å². The summed E-state index contributed by atoms with van der Waals surface area (Å²) in [6.07, 6.45) is 4.66. The molecule has 1 unspecified atom stereocenters. The molecule has 6 nitrogen and oxygen atoms in total. The summed E-state index contributed by atoms with van der Waals surface area (Å²) in [4.78, 5) is 31.4. The van der Waals surface area contributed by atoms with Crippen LogP contribution in [0.4, 0.5) is 0 Å². The second kappa shape index (κ2) is 10.4. The summed E-state index contributed by atoms with van der Waals surface area (Å²) in [6, 6.07) is 6.29. The minimum atomic E-state index is 0.188. The first-order valence-corrected chi connectivity index (χ1v) is 11.4. The number of piperazine rings is 1. The monoisotopic (exact) mass is 465 g/mol. The van der Waals surface area contributed by atoms with Crippen LogP contribution in [-0.4, -0.2) is 78.9 Å². The number of ether oxygens (including phenoxy) is 1. The van der Waals surface area contributed by atoms with Gasteiger partial charge in [-0.15, -0.1) is 0 Å². The molecular weight excluding hydrogens is 434 g/mol. The van der Waals surface area contributed by atoms with Gasteiger partial charge in [0.25, 0.3) is 0 Å². The van der Waals surface area contributed by atoms with Gasteiger partial charge in [-0.1, -0.05) is 6.07 Å². The van der Waals surface area contributed by atoms with Crippen molar-refractivity contribution in [3.8, 4) is 5.75 Å². The van der Waals surface area contributed by atoms with Crippen molar-refractivity contribution in [2.24, 2.45) is 0 Å². The molecule has 1 aromatic rings. The van der Waals surface area contributed by atoms with Crippen LogP contribution in [0, 0.1) is 0 Å². The van der Waals surface area contributed by atoms with Crippen LogP contribution in [0.2, 0.25) is 0 Å². The third kappa shape index (κ3) is 5.95. The molecule has 0 aromatic heterocycles. The number of piperidine rings is 1. The van der Waals surface area contributed by atoms with Crippen molar-refractivity contribution in [3.05, 3.63) is 28.2 Å². The highest BCUT2D eigenvalue weighted by molar-refractivity contribution is 9.10. The molecule has 0 bridgehead atoms.